The summed E-state index contributed by atoms with van der Waals surface area (Å²) in [5, 5.41) is 12.1. The highest BCUT2D eigenvalue weighted by Gasteiger charge is 2.26. The molecule has 4 heteroatoms. The Morgan fingerprint density at radius 2 is 2.19 bits per heavy atom. The van der Waals surface area contributed by atoms with Crippen molar-refractivity contribution in [2.75, 3.05) is 18.1 Å². The van der Waals surface area contributed by atoms with E-state index < -0.39 is 11.4 Å². The summed E-state index contributed by atoms with van der Waals surface area (Å²) in [6, 6.07) is 7.94. The van der Waals surface area contributed by atoms with Crippen LogP contribution in [0.4, 0.5) is 5.69 Å². The van der Waals surface area contributed by atoms with Crippen LogP contribution in [0.2, 0.25) is 0 Å². The summed E-state index contributed by atoms with van der Waals surface area (Å²) in [6.07, 6.45) is 2.01. The van der Waals surface area contributed by atoms with Crippen molar-refractivity contribution in [1.29, 1.82) is 0 Å². The molecular formula is C12H17NO2S. The fourth-order valence-corrected chi connectivity index (χ4v) is 1.59. The van der Waals surface area contributed by atoms with Gasteiger partial charge < -0.3 is 10.4 Å². The van der Waals surface area contributed by atoms with Gasteiger partial charge in [-0.25, -0.2) is 0 Å². The van der Waals surface area contributed by atoms with Crippen LogP contribution in [-0.2, 0) is 4.79 Å². The average Bonchev–Trinajstić information content (AvgIpc) is 2.26. The third-order valence-electron chi connectivity index (χ3n) is 2.38. The van der Waals surface area contributed by atoms with Gasteiger partial charge in [-0.3, -0.25) is 4.79 Å². The van der Waals surface area contributed by atoms with E-state index in [4.69, 9.17) is 5.11 Å². The van der Waals surface area contributed by atoms with E-state index in [9.17, 15) is 4.79 Å². The maximum atomic E-state index is 10.9. The number of carboxylic acid groups (broad SMARTS) is 1. The maximum absolute atomic E-state index is 10.9. The molecule has 2 N–H and O–H groups in total. The number of anilines is 1. The summed E-state index contributed by atoms with van der Waals surface area (Å²) in [5.74, 6) is -0.791. The highest BCUT2D eigenvalue weighted by molar-refractivity contribution is 7.98. The van der Waals surface area contributed by atoms with Crippen LogP contribution in [0.3, 0.4) is 0 Å². The smallest absolute Gasteiger partial charge is 0.310 e. The van der Waals surface area contributed by atoms with Gasteiger partial charge in [-0.1, -0.05) is 6.07 Å². The van der Waals surface area contributed by atoms with E-state index in [1.165, 1.54) is 0 Å². The highest BCUT2D eigenvalue weighted by Crippen LogP contribution is 2.21. The molecule has 0 fully saturated rings. The van der Waals surface area contributed by atoms with Crippen LogP contribution in [0.25, 0.3) is 0 Å². The molecule has 0 heterocycles. The minimum atomic E-state index is -0.791. The number of hydrogen-bond donors (Lipinski definition) is 2. The van der Waals surface area contributed by atoms with Crippen LogP contribution >= 0.6 is 11.8 Å². The molecule has 0 aromatic heterocycles. The van der Waals surface area contributed by atoms with Gasteiger partial charge in [0.2, 0.25) is 0 Å². The van der Waals surface area contributed by atoms with Crippen LogP contribution in [-0.4, -0.2) is 23.9 Å². The lowest BCUT2D eigenvalue weighted by atomic mass is 9.94. The Morgan fingerprint density at radius 3 is 2.75 bits per heavy atom. The van der Waals surface area contributed by atoms with E-state index in [0.717, 1.165) is 10.6 Å². The van der Waals surface area contributed by atoms with Crippen molar-refractivity contribution in [1.82, 2.24) is 0 Å². The zero-order valence-corrected chi connectivity index (χ0v) is 10.6. The predicted molar refractivity (Wildman–Crippen MR) is 68.1 cm³/mol. The minimum Gasteiger partial charge on any atom is -0.481 e. The Kier molecular flexibility index (Phi) is 4.24. The molecule has 1 aromatic carbocycles. The van der Waals surface area contributed by atoms with E-state index >= 15 is 0 Å². The molecule has 0 radical (unpaired) electrons. The molecule has 0 aliphatic rings. The third-order valence-corrected chi connectivity index (χ3v) is 3.11. The van der Waals surface area contributed by atoms with Gasteiger partial charge in [0.05, 0.1) is 5.41 Å². The number of carbonyl (C=O) groups is 1. The number of aliphatic carboxylic acids is 1. The molecule has 88 valence electrons. The summed E-state index contributed by atoms with van der Waals surface area (Å²) in [6.45, 7) is 3.83. The van der Waals surface area contributed by atoms with Gasteiger partial charge in [-0.2, -0.15) is 0 Å². The lowest BCUT2D eigenvalue weighted by molar-refractivity contribution is -0.146. The molecule has 16 heavy (non-hydrogen) atoms. The molecule has 0 bridgehead atoms. The molecule has 1 aromatic rings. The highest BCUT2D eigenvalue weighted by atomic mass is 32.2. The Balaban J connectivity index is 2.64. The van der Waals surface area contributed by atoms with Gasteiger partial charge in [0.25, 0.3) is 0 Å². The molecule has 0 aliphatic heterocycles. The lowest BCUT2D eigenvalue weighted by Crippen LogP contribution is -2.31. The Morgan fingerprint density at radius 1 is 1.50 bits per heavy atom. The zero-order valence-electron chi connectivity index (χ0n) is 9.78. The molecule has 0 aliphatic carbocycles. The third kappa shape index (κ3) is 3.45. The van der Waals surface area contributed by atoms with Crippen LogP contribution in [0.1, 0.15) is 13.8 Å². The van der Waals surface area contributed by atoms with E-state index in [-0.39, 0.29) is 0 Å². The minimum absolute atomic E-state index is 0.417. The van der Waals surface area contributed by atoms with Crippen LogP contribution in [0.5, 0.6) is 0 Å². The topological polar surface area (TPSA) is 49.3 Å². The first-order chi connectivity index (χ1) is 7.45. The van der Waals surface area contributed by atoms with Crippen LogP contribution in [0.15, 0.2) is 29.2 Å². The second-order valence-corrected chi connectivity index (χ2v) is 5.15. The van der Waals surface area contributed by atoms with Crippen molar-refractivity contribution in [3.8, 4) is 0 Å². The Labute approximate surface area is 100 Å². The number of rotatable bonds is 5. The van der Waals surface area contributed by atoms with Gasteiger partial charge in [0, 0.05) is 17.1 Å². The quantitative estimate of drug-likeness (QED) is 0.776. The second-order valence-electron chi connectivity index (χ2n) is 4.27. The van der Waals surface area contributed by atoms with Crippen molar-refractivity contribution in [3.05, 3.63) is 24.3 Å². The molecule has 0 saturated heterocycles. The molecule has 0 saturated carbocycles. The molecule has 0 spiro atoms. The van der Waals surface area contributed by atoms with E-state index in [0.29, 0.717) is 6.54 Å². The van der Waals surface area contributed by atoms with Crippen molar-refractivity contribution in [2.24, 2.45) is 5.41 Å². The average molecular weight is 239 g/mol. The van der Waals surface area contributed by atoms with E-state index in [1.54, 1.807) is 25.6 Å². The first-order valence-electron chi connectivity index (χ1n) is 5.07. The summed E-state index contributed by atoms with van der Waals surface area (Å²) in [4.78, 5) is 12.1. The second kappa shape index (κ2) is 5.25. The Bertz CT molecular complexity index is 377. The van der Waals surface area contributed by atoms with E-state index in [1.807, 2.05) is 30.5 Å². The number of hydrogen-bond acceptors (Lipinski definition) is 3. The van der Waals surface area contributed by atoms with Crippen molar-refractivity contribution in [2.45, 2.75) is 18.7 Å². The molecular weight excluding hydrogens is 222 g/mol. The van der Waals surface area contributed by atoms with Crippen molar-refractivity contribution >= 4 is 23.4 Å². The number of benzene rings is 1. The predicted octanol–water partition coefficient (Wildman–Crippen LogP) is 2.93. The van der Waals surface area contributed by atoms with Gasteiger partial charge in [0.1, 0.15) is 0 Å². The Hall–Kier alpha value is -1.16. The maximum Gasteiger partial charge on any atom is 0.310 e. The lowest BCUT2D eigenvalue weighted by Gasteiger charge is -2.20. The van der Waals surface area contributed by atoms with Crippen molar-refractivity contribution < 1.29 is 9.90 Å². The van der Waals surface area contributed by atoms with Crippen LogP contribution in [0, 0.1) is 5.41 Å². The van der Waals surface area contributed by atoms with Gasteiger partial charge in [-0.05, 0) is 38.3 Å². The van der Waals surface area contributed by atoms with E-state index in [2.05, 4.69) is 5.32 Å². The molecule has 3 nitrogen and oxygen atoms in total. The van der Waals surface area contributed by atoms with Gasteiger partial charge in [-0.15, -0.1) is 11.8 Å². The summed E-state index contributed by atoms with van der Waals surface area (Å²) in [5.41, 5.74) is 0.205. The van der Waals surface area contributed by atoms with Crippen molar-refractivity contribution in [3.63, 3.8) is 0 Å². The summed E-state index contributed by atoms with van der Waals surface area (Å²) in [7, 11) is 0. The first kappa shape index (κ1) is 12.9. The fraction of sp³-hybridized carbons (Fsp3) is 0.417. The summed E-state index contributed by atoms with van der Waals surface area (Å²) >= 11 is 1.67. The number of carboxylic acids is 1. The monoisotopic (exact) mass is 239 g/mol. The number of thioether (sulfide) groups is 1. The molecule has 1 rings (SSSR count). The van der Waals surface area contributed by atoms with Gasteiger partial charge >= 0.3 is 5.97 Å². The number of nitrogens with one attached hydrogen (secondary N) is 1. The largest absolute Gasteiger partial charge is 0.481 e. The SMILES string of the molecule is CSc1cccc(NCC(C)(C)C(=O)O)c1. The molecule has 0 atom stereocenters. The normalized spacial score (nSPS) is 11.2. The van der Waals surface area contributed by atoms with Gasteiger partial charge in [0.15, 0.2) is 0 Å². The fourth-order valence-electron chi connectivity index (χ4n) is 1.13. The summed E-state index contributed by atoms with van der Waals surface area (Å²) < 4.78 is 0. The molecule has 0 unspecified atom stereocenters. The van der Waals surface area contributed by atoms with Crippen LogP contribution < -0.4 is 5.32 Å². The first-order valence-corrected chi connectivity index (χ1v) is 6.29. The molecule has 0 amide bonds. The zero-order chi connectivity index (χ0) is 12.2. The standard InChI is InChI=1S/C12H17NO2S/c1-12(2,11(14)15)8-13-9-5-4-6-10(7-9)16-3/h4-7,13H,8H2,1-3H3,(H,14,15).